The summed E-state index contributed by atoms with van der Waals surface area (Å²) in [6.45, 7) is 0.423. The Morgan fingerprint density at radius 2 is 1.67 bits per heavy atom. The zero-order valence-electron chi connectivity index (χ0n) is 16.8. The second-order valence-corrected chi connectivity index (χ2v) is 7.05. The summed E-state index contributed by atoms with van der Waals surface area (Å²) in [5.41, 5.74) is 4.55. The highest BCUT2D eigenvalue weighted by Gasteiger charge is 2.15. The SMILES string of the molecule is COc1ccc(CCc2cc(-c3c(O)cccc3OCc3ccccc3)n[nH]2)cc1. The van der Waals surface area contributed by atoms with Gasteiger partial charge in [0.1, 0.15) is 23.9 Å². The van der Waals surface area contributed by atoms with Crippen LogP contribution in [0.2, 0.25) is 0 Å². The highest BCUT2D eigenvalue weighted by atomic mass is 16.5. The van der Waals surface area contributed by atoms with Crippen LogP contribution in [0.4, 0.5) is 0 Å². The molecule has 0 atom stereocenters. The average Bonchev–Trinajstić information content (AvgIpc) is 3.26. The van der Waals surface area contributed by atoms with Crippen LogP contribution in [0.15, 0.2) is 78.9 Å². The molecule has 4 aromatic rings. The first-order valence-electron chi connectivity index (χ1n) is 9.89. The summed E-state index contributed by atoms with van der Waals surface area (Å²) in [5, 5.41) is 18.0. The minimum atomic E-state index is 0.147. The molecule has 0 aliphatic rings. The van der Waals surface area contributed by atoms with E-state index in [4.69, 9.17) is 9.47 Å². The highest BCUT2D eigenvalue weighted by Crippen LogP contribution is 2.37. The van der Waals surface area contributed by atoms with E-state index < -0.39 is 0 Å². The summed E-state index contributed by atoms with van der Waals surface area (Å²) < 4.78 is 11.2. The van der Waals surface area contributed by atoms with Crippen molar-refractivity contribution in [1.82, 2.24) is 10.2 Å². The van der Waals surface area contributed by atoms with Crippen LogP contribution in [0, 0.1) is 0 Å². The van der Waals surface area contributed by atoms with E-state index >= 15 is 0 Å². The summed E-state index contributed by atoms with van der Waals surface area (Å²) in [5.74, 6) is 1.60. The molecule has 1 aromatic heterocycles. The number of aryl methyl sites for hydroxylation is 2. The smallest absolute Gasteiger partial charge is 0.133 e. The van der Waals surface area contributed by atoms with Gasteiger partial charge in [0, 0.05) is 5.69 Å². The van der Waals surface area contributed by atoms with Crippen molar-refractivity contribution in [2.75, 3.05) is 7.11 Å². The van der Waals surface area contributed by atoms with Gasteiger partial charge in [0.2, 0.25) is 0 Å². The Labute approximate surface area is 175 Å². The predicted octanol–water partition coefficient (Wildman–Crippen LogP) is 5.16. The number of ether oxygens (including phenoxy) is 2. The predicted molar refractivity (Wildman–Crippen MR) is 117 cm³/mol. The van der Waals surface area contributed by atoms with Crippen LogP contribution >= 0.6 is 0 Å². The Balaban J connectivity index is 1.48. The number of methoxy groups -OCH3 is 1. The van der Waals surface area contributed by atoms with Gasteiger partial charge in [-0.25, -0.2) is 0 Å². The van der Waals surface area contributed by atoms with Crippen LogP contribution in [-0.2, 0) is 19.4 Å². The minimum absolute atomic E-state index is 0.147. The van der Waals surface area contributed by atoms with Crippen LogP contribution in [0.25, 0.3) is 11.3 Å². The quantitative estimate of drug-likeness (QED) is 0.429. The third kappa shape index (κ3) is 4.63. The van der Waals surface area contributed by atoms with Gasteiger partial charge in [0.15, 0.2) is 0 Å². The van der Waals surface area contributed by atoms with E-state index in [0.717, 1.165) is 29.8 Å². The monoisotopic (exact) mass is 400 g/mol. The van der Waals surface area contributed by atoms with Crippen molar-refractivity contribution in [2.24, 2.45) is 0 Å². The molecule has 0 aliphatic carbocycles. The van der Waals surface area contributed by atoms with E-state index in [2.05, 4.69) is 22.3 Å². The molecule has 0 unspecified atom stereocenters. The topological polar surface area (TPSA) is 67.4 Å². The number of nitrogens with one attached hydrogen (secondary N) is 1. The van der Waals surface area contributed by atoms with E-state index in [0.29, 0.717) is 23.6 Å². The van der Waals surface area contributed by atoms with Gasteiger partial charge in [0.05, 0.1) is 18.4 Å². The largest absolute Gasteiger partial charge is 0.507 e. The number of H-pyrrole nitrogens is 1. The normalized spacial score (nSPS) is 10.7. The highest BCUT2D eigenvalue weighted by molar-refractivity contribution is 5.74. The van der Waals surface area contributed by atoms with Crippen LogP contribution < -0.4 is 9.47 Å². The Bertz CT molecular complexity index is 1090. The summed E-state index contributed by atoms with van der Waals surface area (Å²) in [7, 11) is 1.66. The molecule has 5 heteroatoms. The lowest BCUT2D eigenvalue weighted by molar-refractivity contribution is 0.306. The first kappa shape index (κ1) is 19.6. The first-order chi connectivity index (χ1) is 14.7. The van der Waals surface area contributed by atoms with E-state index in [-0.39, 0.29) is 5.75 Å². The van der Waals surface area contributed by atoms with Gasteiger partial charge in [-0.3, -0.25) is 5.10 Å². The number of aromatic amines is 1. The number of hydrogen-bond acceptors (Lipinski definition) is 4. The second kappa shape index (κ2) is 9.18. The van der Waals surface area contributed by atoms with Crippen molar-refractivity contribution in [2.45, 2.75) is 19.4 Å². The fourth-order valence-electron chi connectivity index (χ4n) is 3.32. The molecule has 0 spiro atoms. The molecule has 0 bridgehead atoms. The summed E-state index contributed by atoms with van der Waals surface area (Å²) in [4.78, 5) is 0. The third-order valence-electron chi connectivity index (χ3n) is 4.97. The van der Waals surface area contributed by atoms with E-state index in [9.17, 15) is 5.11 Å². The molecule has 5 nitrogen and oxygen atoms in total. The number of nitrogens with zero attached hydrogens (tertiary/aromatic N) is 1. The molecule has 4 rings (SSSR count). The molecule has 1 heterocycles. The van der Waals surface area contributed by atoms with Gasteiger partial charge in [-0.15, -0.1) is 0 Å². The average molecular weight is 400 g/mol. The van der Waals surface area contributed by atoms with Crippen molar-refractivity contribution in [3.8, 4) is 28.5 Å². The molecule has 30 heavy (non-hydrogen) atoms. The third-order valence-corrected chi connectivity index (χ3v) is 4.97. The summed E-state index contributed by atoms with van der Waals surface area (Å²) >= 11 is 0. The van der Waals surface area contributed by atoms with Gasteiger partial charge in [-0.05, 0) is 54.3 Å². The fourth-order valence-corrected chi connectivity index (χ4v) is 3.32. The van der Waals surface area contributed by atoms with Gasteiger partial charge in [-0.1, -0.05) is 48.5 Å². The van der Waals surface area contributed by atoms with Crippen molar-refractivity contribution < 1.29 is 14.6 Å². The summed E-state index contributed by atoms with van der Waals surface area (Å²) in [6, 6.07) is 25.2. The van der Waals surface area contributed by atoms with Crippen molar-refractivity contribution in [3.05, 3.63) is 95.7 Å². The van der Waals surface area contributed by atoms with Gasteiger partial charge in [-0.2, -0.15) is 5.10 Å². The van der Waals surface area contributed by atoms with E-state index in [1.54, 1.807) is 19.2 Å². The first-order valence-corrected chi connectivity index (χ1v) is 9.89. The fraction of sp³-hybridized carbons (Fsp3) is 0.160. The van der Waals surface area contributed by atoms with E-state index in [1.807, 2.05) is 54.6 Å². The Kier molecular flexibility index (Phi) is 5.99. The molecule has 152 valence electrons. The van der Waals surface area contributed by atoms with Gasteiger partial charge < -0.3 is 14.6 Å². The van der Waals surface area contributed by atoms with Crippen molar-refractivity contribution >= 4 is 0 Å². The Morgan fingerprint density at radius 3 is 2.43 bits per heavy atom. The van der Waals surface area contributed by atoms with Crippen LogP contribution in [0.5, 0.6) is 17.2 Å². The van der Waals surface area contributed by atoms with Crippen LogP contribution in [0.1, 0.15) is 16.8 Å². The molecular weight excluding hydrogens is 376 g/mol. The maximum Gasteiger partial charge on any atom is 0.133 e. The number of phenolic OH excluding ortho intramolecular Hbond substituents is 1. The molecule has 0 fully saturated rings. The molecule has 0 aliphatic heterocycles. The van der Waals surface area contributed by atoms with Crippen molar-refractivity contribution in [1.29, 1.82) is 0 Å². The Hall–Kier alpha value is -3.73. The van der Waals surface area contributed by atoms with Crippen LogP contribution in [-0.4, -0.2) is 22.4 Å². The zero-order valence-corrected chi connectivity index (χ0v) is 16.8. The molecular formula is C25H24N2O3. The van der Waals surface area contributed by atoms with E-state index in [1.165, 1.54) is 5.56 Å². The Morgan fingerprint density at radius 1 is 0.867 bits per heavy atom. The minimum Gasteiger partial charge on any atom is -0.507 e. The number of rotatable bonds is 8. The molecule has 2 N–H and O–H groups in total. The molecule has 0 radical (unpaired) electrons. The van der Waals surface area contributed by atoms with Crippen LogP contribution in [0.3, 0.4) is 0 Å². The molecule has 0 amide bonds. The summed E-state index contributed by atoms with van der Waals surface area (Å²) in [6.07, 6.45) is 1.69. The maximum absolute atomic E-state index is 10.5. The molecule has 3 aromatic carbocycles. The second-order valence-electron chi connectivity index (χ2n) is 7.05. The zero-order chi connectivity index (χ0) is 20.8. The lowest BCUT2D eigenvalue weighted by Gasteiger charge is -2.11. The number of aromatic nitrogens is 2. The number of benzene rings is 3. The molecule has 0 saturated heterocycles. The van der Waals surface area contributed by atoms with Gasteiger partial charge in [0.25, 0.3) is 0 Å². The van der Waals surface area contributed by atoms with Crippen molar-refractivity contribution in [3.63, 3.8) is 0 Å². The molecule has 0 saturated carbocycles. The maximum atomic E-state index is 10.5. The number of hydrogen-bond donors (Lipinski definition) is 2. The number of phenols is 1. The number of aromatic hydroxyl groups is 1. The van der Waals surface area contributed by atoms with Gasteiger partial charge >= 0.3 is 0 Å². The lowest BCUT2D eigenvalue weighted by Crippen LogP contribution is -1.97. The standard InChI is InChI=1S/C25H24N2O3/c1-29-21-14-11-18(12-15-21)10-13-20-16-22(27-26-20)25-23(28)8-5-9-24(25)30-17-19-6-3-2-4-7-19/h2-9,11-12,14-16,28H,10,13,17H2,1H3,(H,26,27). The lowest BCUT2D eigenvalue weighted by atomic mass is 10.1.